The number of carboxylic acid groups (broad SMARTS) is 1. The molecule has 3 rings (SSSR count). The number of non-ortho nitro benzene ring substituents is 1. The van der Waals surface area contributed by atoms with Gasteiger partial charge in [-0.25, -0.2) is 4.79 Å². The maximum absolute atomic E-state index is 12.4. The summed E-state index contributed by atoms with van der Waals surface area (Å²) in [5.41, 5.74) is -1.31. The van der Waals surface area contributed by atoms with Gasteiger partial charge in [0.1, 0.15) is 17.5 Å². The summed E-state index contributed by atoms with van der Waals surface area (Å²) in [5.74, 6) is -0.375. The van der Waals surface area contributed by atoms with Gasteiger partial charge in [-0.15, -0.1) is 0 Å². The monoisotopic (exact) mass is 340 g/mol. The van der Waals surface area contributed by atoms with Crippen LogP contribution in [0.3, 0.4) is 0 Å². The first-order valence-corrected chi connectivity index (χ1v) is 6.78. The zero-order chi connectivity index (χ0) is 16.9. The number of carbonyl (C=O) groups is 1. The van der Waals surface area contributed by atoms with Crippen LogP contribution >= 0.6 is 11.6 Å². The molecular weight excluding hydrogens is 332 g/mol. The molecule has 1 aliphatic rings. The Labute approximate surface area is 132 Å². The van der Waals surface area contributed by atoms with Crippen LogP contribution in [0.2, 0.25) is 5.02 Å². The Bertz CT molecular complexity index is 921. The Morgan fingerprint density at radius 1 is 1.61 bits per heavy atom. The Balaban J connectivity index is 2.52. The molecule has 0 spiro atoms. The fourth-order valence-electron chi connectivity index (χ4n) is 2.53. The molecule has 0 radical (unpaired) electrons. The van der Waals surface area contributed by atoms with Crippen LogP contribution in [0, 0.1) is 10.1 Å². The first-order chi connectivity index (χ1) is 10.8. The van der Waals surface area contributed by atoms with Crippen molar-refractivity contribution in [3.05, 3.63) is 37.6 Å². The van der Waals surface area contributed by atoms with Crippen molar-refractivity contribution in [2.24, 2.45) is 0 Å². The lowest BCUT2D eigenvalue weighted by atomic mass is 10.1. The molecule has 1 aromatic heterocycles. The summed E-state index contributed by atoms with van der Waals surface area (Å²) in [5, 5.41) is 19.7. The van der Waals surface area contributed by atoms with E-state index in [2.05, 4.69) is 4.74 Å². The quantitative estimate of drug-likeness (QED) is 0.506. The molecule has 0 saturated heterocycles. The number of halogens is 1. The molecule has 2 aromatic rings. The first-order valence-electron chi connectivity index (χ1n) is 6.40. The molecule has 0 amide bonds. The summed E-state index contributed by atoms with van der Waals surface area (Å²) in [6.07, 6.45) is -0.499. The third-order valence-electron chi connectivity index (χ3n) is 3.49. The van der Waals surface area contributed by atoms with E-state index in [0.29, 0.717) is 0 Å². The predicted octanol–water partition coefficient (Wildman–Crippen LogP) is 2.57. The SMILES string of the molecule is CC1COc2c(Cl)cc([N+](=O)[O-])c3c(=O)c(OC(=O)O)cn1c23. The van der Waals surface area contributed by atoms with Crippen molar-refractivity contribution in [2.75, 3.05) is 6.61 Å². The standard InChI is InChI=1S/C13H9ClN2O7/c1-5-4-22-12-6(14)2-7(16(20)21)9-10(12)15(5)3-8(11(9)17)23-13(18)19/h2-3,5H,4H2,1H3,(H,18,19). The van der Waals surface area contributed by atoms with Gasteiger partial charge in [-0.1, -0.05) is 11.6 Å². The molecule has 1 aromatic carbocycles. The summed E-state index contributed by atoms with van der Waals surface area (Å²) in [6.45, 7) is 1.94. The van der Waals surface area contributed by atoms with E-state index in [9.17, 15) is 19.7 Å². The summed E-state index contributed by atoms with van der Waals surface area (Å²) in [7, 11) is 0. The minimum absolute atomic E-state index is 0.00356. The normalized spacial score (nSPS) is 16.0. The van der Waals surface area contributed by atoms with E-state index in [0.717, 1.165) is 6.07 Å². The zero-order valence-electron chi connectivity index (χ0n) is 11.6. The van der Waals surface area contributed by atoms with Gasteiger partial charge in [0.15, 0.2) is 11.5 Å². The van der Waals surface area contributed by atoms with Crippen LogP contribution < -0.4 is 14.9 Å². The molecule has 0 fully saturated rings. The second kappa shape index (κ2) is 5.13. The van der Waals surface area contributed by atoms with Crippen molar-refractivity contribution >= 4 is 34.3 Å². The fourth-order valence-corrected chi connectivity index (χ4v) is 2.78. The lowest BCUT2D eigenvalue weighted by Gasteiger charge is -2.27. The average molecular weight is 341 g/mol. The average Bonchev–Trinajstić information content (AvgIpc) is 2.46. The number of aromatic nitrogens is 1. The van der Waals surface area contributed by atoms with Gasteiger partial charge >= 0.3 is 6.16 Å². The summed E-state index contributed by atoms with van der Waals surface area (Å²) < 4.78 is 11.4. The van der Waals surface area contributed by atoms with Crippen LogP contribution in [0.15, 0.2) is 17.1 Å². The fraction of sp³-hybridized carbons (Fsp3) is 0.231. The van der Waals surface area contributed by atoms with Crippen LogP contribution in [0.25, 0.3) is 10.9 Å². The number of nitro groups is 1. The molecule has 1 atom stereocenters. The molecule has 1 unspecified atom stereocenters. The topological polar surface area (TPSA) is 121 Å². The molecular formula is C13H9ClN2O7. The minimum atomic E-state index is -1.69. The Morgan fingerprint density at radius 2 is 2.30 bits per heavy atom. The van der Waals surface area contributed by atoms with Gasteiger partial charge in [0, 0.05) is 6.07 Å². The van der Waals surface area contributed by atoms with Gasteiger partial charge in [0.25, 0.3) is 5.69 Å². The van der Waals surface area contributed by atoms with Gasteiger partial charge in [-0.05, 0) is 6.92 Å². The first kappa shape index (κ1) is 15.1. The summed E-state index contributed by atoms with van der Waals surface area (Å²) >= 11 is 6.01. The molecule has 23 heavy (non-hydrogen) atoms. The number of rotatable bonds is 2. The second-order valence-electron chi connectivity index (χ2n) is 4.95. The molecule has 120 valence electrons. The van der Waals surface area contributed by atoms with Gasteiger partial charge < -0.3 is 19.1 Å². The highest BCUT2D eigenvalue weighted by Gasteiger charge is 2.30. The number of hydrogen-bond donors (Lipinski definition) is 1. The molecule has 1 aliphatic heterocycles. The van der Waals surface area contributed by atoms with E-state index in [1.54, 1.807) is 6.92 Å². The number of benzene rings is 1. The van der Waals surface area contributed by atoms with Crippen LogP contribution in [-0.4, -0.2) is 27.4 Å². The van der Waals surface area contributed by atoms with Gasteiger partial charge in [-0.3, -0.25) is 14.9 Å². The van der Waals surface area contributed by atoms with Crippen LogP contribution in [0.4, 0.5) is 10.5 Å². The molecule has 0 saturated carbocycles. The van der Waals surface area contributed by atoms with Crippen molar-refractivity contribution in [3.63, 3.8) is 0 Å². The van der Waals surface area contributed by atoms with Crippen molar-refractivity contribution in [1.29, 1.82) is 0 Å². The molecule has 2 heterocycles. The maximum atomic E-state index is 12.4. The highest BCUT2D eigenvalue weighted by atomic mass is 35.5. The highest BCUT2D eigenvalue weighted by Crippen LogP contribution is 2.42. The lowest BCUT2D eigenvalue weighted by molar-refractivity contribution is -0.383. The number of ether oxygens (including phenoxy) is 2. The number of pyridine rings is 1. The van der Waals surface area contributed by atoms with Gasteiger partial charge in [-0.2, -0.15) is 0 Å². The third-order valence-corrected chi connectivity index (χ3v) is 3.77. The molecule has 1 N–H and O–H groups in total. The third kappa shape index (κ3) is 2.25. The van der Waals surface area contributed by atoms with E-state index in [1.165, 1.54) is 10.8 Å². The Hall–Kier alpha value is -2.81. The van der Waals surface area contributed by atoms with E-state index in [4.69, 9.17) is 21.4 Å². The Kier molecular flexibility index (Phi) is 3.37. The van der Waals surface area contributed by atoms with E-state index in [1.807, 2.05) is 0 Å². The number of hydrogen-bond acceptors (Lipinski definition) is 6. The van der Waals surface area contributed by atoms with Crippen LogP contribution in [0.1, 0.15) is 13.0 Å². The minimum Gasteiger partial charge on any atom is -0.488 e. The number of nitro benzene ring substituents is 1. The molecule has 9 nitrogen and oxygen atoms in total. The van der Waals surface area contributed by atoms with E-state index >= 15 is 0 Å². The molecule has 10 heteroatoms. The second-order valence-corrected chi connectivity index (χ2v) is 5.35. The zero-order valence-corrected chi connectivity index (χ0v) is 12.4. The lowest BCUT2D eigenvalue weighted by Crippen LogP contribution is -2.25. The molecule has 0 aliphatic carbocycles. The Morgan fingerprint density at radius 3 is 2.91 bits per heavy atom. The molecule has 0 bridgehead atoms. The van der Waals surface area contributed by atoms with Gasteiger partial charge in [0.2, 0.25) is 5.43 Å². The summed E-state index contributed by atoms with van der Waals surface area (Å²) in [6, 6.07) is 0.700. The predicted molar refractivity (Wildman–Crippen MR) is 78.7 cm³/mol. The van der Waals surface area contributed by atoms with E-state index in [-0.39, 0.29) is 34.3 Å². The maximum Gasteiger partial charge on any atom is 0.511 e. The van der Waals surface area contributed by atoms with Crippen molar-refractivity contribution in [1.82, 2.24) is 4.57 Å². The van der Waals surface area contributed by atoms with Crippen LogP contribution in [0.5, 0.6) is 11.5 Å². The van der Waals surface area contributed by atoms with E-state index < -0.39 is 27.9 Å². The number of nitrogens with zero attached hydrogens (tertiary/aromatic N) is 2. The van der Waals surface area contributed by atoms with Crippen LogP contribution in [-0.2, 0) is 0 Å². The van der Waals surface area contributed by atoms with Crippen molar-refractivity contribution < 1.29 is 24.3 Å². The summed E-state index contributed by atoms with van der Waals surface area (Å²) in [4.78, 5) is 33.7. The van der Waals surface area contributed by atoms with Gasteiger partial charge in [0.05, 0.1) is 22.2 Å². The largest absolute Gasteiger partial charge is 0.511 e. The van der Waals surface area contributed by atoms with Crippen molar-refractivity contribution in [2.45, 2.75) is 13.0 Å². The highest BCUT2D eigenvalue weighted by molar-refractivity contribution is 6.33. The smallest absolute Gasteiger partial charge is 0.488 e. The van der Waals surface area contributed by atoms with Crippen molar-refractivity contribution in [3.8, 4) is 11.5 Å².